The van der Waals surface area contributed by atoms with Crippen molar-refractivity contribution < 1.29 is 9.59 Å². The SMILES string of the molecule is O=C(CC[C@@H]1CNC(=O)[C@@H]2C[C@H](NC(=S)Nc3ccc(-n4cccn4)cc3)CN12)NC1CC1. The van der Waals surface area contributed by atoms with E-state index in [1.807, 2.05) is 36.5 Å². The van der Waals surface area contributed by atoms with Gasteiger partial charge in [-0.25, -0.2) is 4.68 Å². The first kappa shape index (κ1) is 21.8. The van der Waals surface area contributed by atoms with Crippen LogP contribution in [0.2, 0.25) is 0 Å². The lowest BCUT2D eigenvalue weighted by molar-refractivity contribution is -0.129. The van der Waals surface area contributed by atoms with Crippen molar-refractivity contribution in [1.82, 2.24) is 30.6 Å². The number of fused-ring (bicyclic) bond motifs is 1. The zero-order chi connectivity index (χ0) is 22.8. The number of aromatic nitrogens is 2. The standard InChI is InChI=1S/C23H29N7O2S/c31-21(26-15-2-3-15)9-8-19-13-24-22(32)20-12-17(14-29(19)20)28-23(33)27-16-4-6-18(7-5-16)30-11-1-10-25-30/h1,4-7,10-11,15,17,19-20H,2-3,8-9,12-14H2,(H,24,32)(H,26,31)(H2,27,28,33)/t17-,19+,20-/m0/s1. The molecule has 2 aliphatic heterocycles. The van der Waals surface area contributed by atoms with Gasteiger partial charge in [0.1, 0.15) is 0 Å². The summed E-state index contributed by atoms with van der Waals surface area (Å²) in [5, 5.41) is 17.4. The first-order valence-corrected chi connectivity index (χ1v) is 12.0. The highest BCUT2D eigenvalue weighted by Crippen LogP contribution is 2.26. The minimum Gasteiger partial charge on any atom is -0.358 e. The summed E-state index contributed by atoms with van der Waals surface area (Å²) in [4.78, 5) is 26.8. The van der Waals surface area contributed by atoms with Crippen molar-refractivity contribution in [2.45, 2.75) is 56.3 Å². The molecular formula is C23H29N7O2S. The number of nitrogens with zero attached hydrogens (tertiary/aromatic N) is 3. The summed E-state index contributed by atoms with van der Waals surface area (Å²) in [6.45, 7) is 1.32. The number of carbonyl (C=O) groups is 2. The molecule has 2 aromatic rings. The molecule has 0 bridgehead atoms. The molecule has 9 nitrogen and oxygen atoms in total. The lowest BCUT2D eigenvalue weighted by Gasteiger charge is -2.37. The molecule has 3 heterocycles. The second kappa shape index (κ2) is 9.48. The number of thiocarbonyl (C=S) groups is 1. The van der Waals surface area contributed by atoms with Gasteiger partial charge in [0.15, 0.2) is 5.11 Å². The van der Waals surface area contributed by atoms with Crippen LogP contribution in [0.3, 0.4) is 0 Å². The predicted octanol–water partition coefficient (Wildman–Crippen LogP) is 1.16. The van der Waals surface area contributed by atoms with Crippen molar-refractivity contribution in [2.24, 2.45) is 0 Å². The van der Waals surface area contributed by atoms with Crippen molar-refractivity contribution in [2.75, 3.05) is 18.4 Å². The number of hydrogen-bond acceptors (Lipinski definition) is 5. The zero-order valence-corrected chi connectivity index (χ0v) is 19.2. The summed E-state index contributed by atoms with van der Waals surface area (Å²) in [6.07, 6.45) is 7.75. The smallest absolute Gasteiger partial charge is 0.237 e. The Kier molecular flexibility index (Phi) is 6.28. The van der Waals surface area contributed by atoms with Crippen LogP contribution < -0.4 is 21.3 Å². The molecule has 0 spiro atoms. The Hall–Kier alpha value is -2.98. The monoisotopic (exact) mass is 467 g/mol. The maximum Gasteiger partial charge on any atom is 0.237 e. The molecule has 174 valence electrons. The van der Waals surface area contributed by atoms with Gasteiger partial charge in [-0.3, -0.25) is 14.5 Å². The number of carbonyl (C=O) groups excluding carboxylic acids is 2. The van der Waals surface area contributed by atoms with E-state index in [-0.39, 0.29) is 29.9 Å². The highest BCUT2D eigenvalue weighted by atomic mass is 32.1. The number of amides is 2. The number of anilines is 1. The topological polar surface area (TPSA) is 103 Å². The van der Waals surface area contributed by atoms with E-state index in [1.54, 1.807) is 10.9 Å². The second-order valence-corrected chi connectivity index (χ2v) is 9.43. The Bertz CT molecular complexity index is 1010. The molecular weight excluding hydrogens is 438 g/mol. The van der Waals surface area contributed by atoms with E-state index in [1.165, 1.54) is 0 Å². The molecule has 3 fully saturated rings. The summed E-state index contributed by atoms with van der Waals surface area (Å²) in [7, 11) is 0. The first-order chi connectivity index (χ1) is 16.0. The third-order valence-corrected chi connectivity index (χ3v) is 6.72. The molecule has 1 aromatic carbocycles. The van der Waals surface area contributed by atoms with Crippen LogP contribution >= 0.6 is 12.2 Å². The van der Waals surface area contributed by atoms with Gasteiger partial charge in [0, 0.05) is 55.7 Å². The molecule has 1 saturated carbocycles. The van der Waals surface area contributed by atoms with Crippen LogP contribution in [0.4, 0.5) is 5.69 Å². The van der Waals surface area contributed by atoms with Gasteiger partial charge in [-0.2, -0.15) is 5.10 Å². The highest BCUT2D eigenvalue weighted by molar-refractivity contribution is 7.80. The van der Waals surface area contributed by atoms with Crippen molar-refractivity contribution in [3.05, 3.63) is 42.7 Å². The number of piperazine rings is 1. The fraction of sp³-hybridized carbons (Fsp3) is 0.478. The van der Waals surface area contributed by atoms with E-state index in [4.69, 9.17) is 12.2 Å². The summed E-state index contributed by atoms with van der Waals surface area (Å²) in [5.74, 6) is 0.176. The van der Waals surface area contributed by atoms with E-state index in [2.05, 4.69) is 31.3 Å². The molecule has 2 amide bonds. The van der Waals surface area contributed by atoms with Gasteiger partial charge in [-0.15, -0.1) is 0 Å². The van der Waals surface area contributed by atoms with E-state index < -0.39 is 0 Å². The molecule has 1 aromatic heterocycles. The fourth-order valence-corrected chi connectivity index (χ4v) is 4.93. The maximum absolute atomic E-state index is 12.4. The van der Waals surface area contributed by atoms with E-state index in [9.17, 15) is 9.59 Å². The lowest BCUT2D eigenvalue weighted by atomic mass is 10.0. The third-order valence-electron chi connectivity index (χ3n) is 6.50. The summed E-state index contributed by atoms with van der Waals surface area (Å²) < 4.78 is 1.80. The van der Waals surface area contributed by atoms with Gasteiger partial charge in [0.25, 0.3) is 0 Å². The normalized spacial score (nSPS) is 24.6. The van der Waals surface area contributed by atoms with Crippen LogP contribution in [-0.2, 0) is 9.59 Å². The Morgan fingerprint density at radius 1 is 1.18 bits per heavy atom. The number of benzene rings is 1. The van der Waals surface area contributed by atoms with Gasteiger partial charge in [0.05, 0.1) is 11.7 Å². The average Bonchev–Trinajstić information content (AvgIpc) is 3.26. The average molecular weight is 468 g/mol. The number of nitrogens with one attached hydrogen (secondary N) is 4. The molecule has 4 N–H and O–H groups in total. The largest absolute Gasteiger partial charge is 0.358 e. The fourth-order valence-electron chi connectivity index (χ4n) is 4.65. The summed E-state index contributed by atoms with van der Waals surface area (Å²) in [6, 6.07) is 10.2. The van der Waals surface area contributed by atoms with Crippen molar-refractivity contribution in [1.29, 1.82) is 0 Å². The van der Waals surface area contributed by atoms with Crippen LogP contribution in [-0.4, -0.2) is 68.9 Å². The van der Waals surface area contributed by atoms with Crippen LogP contribution in [0, 0.1) is 0 Å². The van der Waals surface area contributed by atoms with Crippen LogP contribution in [0.5, 0.6) is 0 Å². The highest BCUT2D eigenvalue weighted by Gasteiger charge is 2.43. The second-order valence-electron chi connectivity index (χ2n) is 9.02. The summed E-state index contributed by atoms with van der Waals surface area (Å²) in [5.41, 5.74) is 1.86. The van der Waals surface area contributed by atoms with E-state index in [0.717, 1.165) is 37.2 Å². The molecule has 1 aliphatic carbocycles. The van der Waals surface area contributed by atoms with Crippen molar-refractivity contribution in [3.8, 4) is 5.69 Å². The van der Waals surface area contributed by atoms with Crippen LogP contribution in [0.15, 0.2) is 42.7 Å². The van der Waals surface area contributed by atoms with Gasteiger partial charge in [0.2, 0.25) is 11.8 Å². The third kappa shape index (κ3) is 5.33. The minimum atomic E-state index is -0.177. The Labute approximate surface area is 198 Å². The molecule has 2 saturated heterocycles. The summed E-state index contributed by atoms with van der Waals surface area (Å²) >= 11 is 5.53. The number of rotatable bonds is 7. The van der Waals surface area contributed by atoms with Gasteiger partial charge in [-0.1, -0.05) is 0 Å². The van der Waals surface area contributed by atoms with Gasteiger partial charge >= 0.3 is 0 Å². The Balaban J connectivity index is 1.13. The predicted molar refractivity (Wildman–Crippen MR) is 129 cm³/mol. The molecule has 3 aliphatic rings. The maximum atomic E-state index is 12.4. The van der Waals surface area contributed by atoms with E-state index in [0.29, 0.717) is 30.5 Å². The first-order valence-electron chi connectivity index (χ1n) is 11.6. The van der Waals surface area contributed by atoms with Crippen molar-refractivity contribution in [3.63, 3.8) is 0 Å². The van der Waals surface area contributed by atoms with Crippen LogP contribution in [0.1, 0.15) is 32.1 Å². The molecule has 5 rings (SSSR count). The van der Waals surface area contributed by atoms with Crippen molar-refractivity contribution >= 4 is 34.8 Å². The molecule has 0 unspecified atom stereocenters. The zero-order valence-electron chi connectivity index (χ0n) is 18.4. The lowest BCUT2D eigenvalue weighted by Crippen LogP contribution is -2.58. The quantitative estimate of drug-likeness (QED) is 0.453. The molecule has 0 radical (unpaired) electrons. The molecule has 33 heavy (non-hydrogen) atoms. The van der Waals surface area contributed by atoms with Crippen LogP contribution in [0.25, 0.3) is 5.69 Å². The Morgan fingerprint density at radius 2 is 2.00 bits per heavy atom. The Morgan fingerprint density at radius 3 is 2.73 bits per heavy atom. The molecule has 10 heteroatoms. The van der Waals surface area contributed by atoms with E-state index >= 15 is 0 Å². The number of hydrogen-bond donors (Lipinski definition) is 4. The minimum absolute atomic E-state index is 0.0612. The van der Waals surface area contributed by atoms with Gasteiger partial charge in [-0.05, 0) is 68.2 Å². The van der Waals surface area contributed by atoms with Gasteiger partial charge < -0.3 is 21.3 Å². The molecule has 3 atom stereocenters.